The molecule has 0 fully saturated rings. The van der Waals surface area contributed by atoms with Crippen molar-refractivity contribution >= 4 is 12.0 Å². The highest BCUT2D eigenvalue weighted by atomic mass is 19.4. The number of urea groups is 1. The molecule has 0 aliphatic carbocycles. The molecule has 0 saturated carbocycles. The summed E-state index contributed by atoms with van der Waals surface area (Å²) in [5.74, 6) is -1.30. The number of amides is 2. The number of rotatable bonds is 6. The van der Waals surface area contributed by atoms with Gasteiger partial charge in [0.05, 0.1) is 0 Å². The van der Waals surface area contributed by atoms with E-state index in [2.05, 4.69) is 0 Å². The number of carboxylic acid groups (broad SMARTS) is 1. The second-order valence-electron chi connectivity index (χ2n) is 5.29. The Morgan fingerprint density at radius 1 is 1.15 bits per heavy atom. The molecule has 0 rings (SSSR count). The molecule has 0 radical (unpaired) electrons. The smallest absolute Gasteiger partial charge is 0.406 e. The highest BCUT2D eigenvalue weighted by Crippen LogP contribution is 2.19. The molecule has 0 bridgehead atoms. The maximum atomic E-state index is 12.5. The van der Waals surface area contributed by atoms with Crippen LogP contribution < -0.4 is 0 Å². The van der Waals surface area contributed by atoms with E-state index in [0.717, 1.165) is 4.90 Å². The molecule has 0 aromatic carbocycles. The Hall–Kier alpha value is -1.47. The fourth-order valence-electron chi connectivity index (χ4n) is 1.66. The topological polar surface area (TPSA) is 60.9 Å². The molecular weight excluding hydrogens is 277 g/mol. The van der Waals surface area contributed by atoms with E-state index in [0.29, 0.717) is 4.90 Å². The Balaban J connectivity index is 5.09. The molecule has 0 atom stereocenters. The zero-order valence-electron chi connectivity index (χ0n) is 12.1. The number of carbonyl (C=O) groups is 2. The molecule has 0 aliphatic rings. The standard InChI is InChI=1S/C12H21F3N2O3/c1-8(2)5-16(6-10(18)19)11(20)17(9(3)4)7-12(13,14)15/h8-9H,5-7H2,1-4H3,(H,18,19). The molecule has 0 saturated heterocycles. The van der Waals surface area contributed by atoms with Crippen LogP contribution in [0.3, 0.4) is 0 Å². The summed E-state index contributed by atoms with van der Waals surface area (Å²) >= 11 is 0. The zero-order chi connectivity index (χ0) is 16.1. The lowest BCUT2D eigenvalue weighted by molar-refractivity contribution is -0.144. The minimum absolute atomic E-state index is 0.0433. The molecule has 0 unspecified atom stereocenters. The first-order valence-corrected chi connectivity index (χ1v) is 6.28. The van der Waals surface area contributed by atoms with Crippen LogP contribution in [0.25, 0.3) is 0 Å². The SMILES string of the molecule is CC(C)CN(CC(=O)O)C(=O)N(CC(F)(F)F)C(C)C. The second-order valence-corrected chi connectivity index (χ2v) is 5.29. The Bertz CT molecular complexity index is 343. The second kappa shape index (κ2) is 7.35. The van der Waals surface area contributed by atoms with Crippen molar-refractivity contribution in [2.24, 2.45) is 5.92 Å². The van der Waals surface area contributed by atoms with Crippen LogP contribution in [0.5, 0.6) is 0 Å². The summed E-state index contributed by atoms with van der Waals surface area (Å²) in [6, 6.07) is -1.58. The number of aliphatic carboxylic acids is 1. The molecule has 5 nitrogen and oxygen atoms in total. The number of alkyl halides is 3. The minimum Gasteiger partial charge on any atom is -0.480 e. The molecule has 1 N–H and O–H groups in total. The molecule has 0 aromatic heterocycles. The van der Waals surface area contributed by atoms with Gasteiger partial charge in [0, 0.05) is 12.6 Å². The number of carbonyl (C=O) groups excluding carboxylic acids is 1. The molecule has 8 heteroatoms. The highest BCUT2D eigenvalue weighted by Gasteiger charge is 2.36. The van der Waals surface area contributed by atoms with E-state index in [1.54, 1.807) is 13.8 Å². The number of nitrogens with zero attached hydrogens (tertiary/aromatic N) is 2. The van der Waals surface area contributed by atoms with E-state index in [9.17, 15) is 22.8 Å². The summed E-state index contributed by atoms with van der Waals surface area (Å²) in [5, 5.41) is 8.76. The first-order valence-electron chi connectivity index (χ1n) is 6.28. The van der Waals surface area contributed by atoms with Gasteiger partial charge in [-0.05, 0) is 19.8 Å². The summed E-state index contributed by atoms with van der Waals surface area (Å²) < 4.78 is 37.5. The fraction of sp³-hybridized carbons (Fsp3) is 0.833. The van der Waals surface area contributed by atoms with Crippen molar-refractivity contribution < 1.29 is 27.9 Å². The summed E-state index contributed by atoms with van der Waals surface area (Å²) in [6.07, 6.45) is -4.52. The third-order valence-electron chi connectivity index (χ3n) is 2.40. The predicted octanol–water partition coefficient (Wildman–Crippen LogP) is 2.42. The van der Waals surface area contributed by atoms with Crippen molar-refractivity contribution in [2.75, 3.05) is 19.6 Å². The van der Waals surface area contributed by atoms with Crippen LogP contribution in [0.4, 0.5) is 18.0 Å². The van der Waals surface area contributed by atoms with Crippen LogP contribution in [0.1, 0.15) is 27.7 Å². The van der Waals surface area contributed by atoms with Crippen molar-refractivity contribution in [3.05, 3.63) is 0 Å². The molecule has 20 heavy (non-hydrogen) atoms. The lowest BCUT2D eigenvalue weighted by atomic mass is 10.2. The van der Waals surface area contributed by atoms with Gasteiger partial charge in [-0.15, -0.1) is 0 Å². The lowest BCUT2D eigenvalue weighted by Crippen LogP contribution is -2.52. The number of carboxylic acids is 1. The lowest BCUT2D eigenvalue weighted by Gasteiger charge is -2.33. The van der Waals surface area contributed by atoms with Crippen molar-refractivity contribution in [3.63, 3.8) is 0 Å². The Morgan fingerprint density at radius 2 is 1.65 bits per heavy atom. The summed E-state index contributed by atoms with van der Waals surface area (Å²) in [4.78, 5) is 24.4. The molecular formula is C12H21F3N2O3. The van der Waals surface area contributed by atoms with E-state index >= 15 is 0 Å². The Morgan fingerprint density at radius 3 is 1.95 bits per heavy atom. The van der Waals surface area contributed by atoms with E-state index in [1.165, 1.54) is 13.8 Å². The molecule has 2 amide bonds. The van der Waals surface area contributed by atoms with Gasteiger partial charge in [-0.3, -0.25) is 4.79 Å². The van der Waals surface area contributed by atoms with E-state index in [-0.39, 0.29) is 12.5 Å². The monoisotopic (exact) mass is 298 g/mol. The van der Waals surface area contributed by atoms with Crippen molar-refractivity contribution in [1.82, 2.24) is 9.80 Å². The van der Waals surface area contributed by atoms with Gasteiger partial charge in [0.2, 0.25) is 0 Å². The van der Waals surface area contributed by atoms with Gasteiger partial charge in [-0.2, -0.15) is 13.2 Å². The zero-order valence-corrected chi connectivity index (χ0v) is 12.1. The highest BCUT2D eigenvalue weighted by molar-refractivity contribution is 5.80. The fourth-order valence-corrected chi connectivity index (χ4v) is 1.66. The van der Waals surface area contributed by atoms with Gasteiger partial charge >= 0.3 is 18.2 Å². The van der Waals surface area contributed by atoms with Crippen LogP contribution in [-0.2, 0) is 4.79 Å². The van der Waals surface area contributed by atoms with Crippen LogP contribution in [0.15, 0.2) is 0 Å². The van der Waals surface area contributed by atoms with Crippen LogP contribution in [0.2, 0.25) is 0 Å². The molecule has 0 aromatic rings. The van der Waals surface area contributed by atoms with Crippen LogP contribution >= 0.6 is 0 Å². The Labute approximate surface area is 116 Å². The summed E-state index contributed by atoms with van der Waals surface area (Å²) in [7, 11) is 0. The van der Waals surface area contributed by atoms with Crippen molar-refractivity contribution in [2.45, 2.75) is 39.9 Å². The summed E-state index contributed by atoms with van der Waals surface area (Å²) in [5.41, 5.74) is 0. The van der Waals surface area contributed by atoms with Gasteiger partial charge in [0.25, 0.3) is 0 Å². The number of hydrogen-bond acceptors (Lipinski definition) is 2. The van der Waals surface area contributed by atoms with Gasteiger partial charge in [-0.1, -0.05) is 13.8 Å². The largest absolute Gasteiger partial charge is 0.480 e. The molecule has 0 aliphatic heterocycles. The maximum Gasteiger partial charge on any atom is 0.406 e. The average Bonchev–Trinajstić information content (AvgIpc) is 2.21. The van der Waals surface area contributed by atoms with Gasteiger partial charge in [-0.25, -0.2) is 4.79 Å². The van der Waals surface area contributed by atoms with E-state index < -0.39 is 37.3 Å². The molecule has 0 heterocycles. The molecule has 118 valence electrons. The van der Waals surface area contributed by atoms with Crippen LogP contribution in [0, 0.1) is 5.92 Å². The van der Waals surface area contributed by atoms with Gasteiger partial charge in [0.15, 0.2) is 0 Å². The molecule has 0 spiro atoms. The predicted molar refractivity (Wildman–Crippen MR) is 67.3 cm³/mol. The Kier molecular flexibility index (Phi) is 6.81. The normalized spacial score (nSPS) is 11.8. The minimum atomic E-state index is -4.52. The van der Waals surface area contributed by atoms with Crippen LogP contribution in [-0.4, -0.2) is 58.8 Å². The third-order valence-corrected chi connectivity index (χ3v) is 2.40. The van der Waals surface area contributed by atoms with E-state index in [4.69, 9.17) is 5.11 Å². The maximum absolute atomic E-state index is 12.5. The summed E-state index contributed by atoms with van der Waals surface area (Å²) in [6.45, 7) is 4.51. The first-order chi connectivity index (χ1) is 8.94. The van der Waals surface area contributed by atoms with Gasteiger partial charge in [0.1, 0.15) is 13.1 Å². The third kappa shape index (κ3) is 7.20. The first kappa shape index (κ1) is 18.5. The average molecular weight is 298 g/mol. The van der Waals surface area contributed by atoms with E-state index in [1.807, 2.05) is 0 Å². The number of halogens is 3. The quantitative estimate of drug-likeness (QED) is 0.819. The number of hydrogen-bond donors (Lipinski definition) is 1. The van der Waals surface area contributed by atoms with Gasteiger partial charge < -0.3 is 14.9 Å². The van der Waals surface area contributed by atoms with Crippen molar-refractivity contribution in [3.8, 4) is 0 Å². The van der Waals surface area contributed by atoms with Crippen molar-refractivity contribution in [1.29, 1.82) is 0 Å².